The molecule has 8 heteroatoms. The Hall–Kier alpha value is -2.64. The van der Waals surface area contributed by atoms with Crippen LogP contribution in [0.25, 0.3) is 16.7 Å². The molecular formula is C20H15ClN4O2S. The highest BCUT2D eigenvalue weighted by Gasteiger charge is 2.16. The second-order valence-corrected chi connectivity index (χ2v) is 8.08. The van der Waals surface area contributed by atoms with Crippen molar-refractivity contribution in [3.63, 3.8) is 0 Å². The van der Waals surface area contributed by atoms with Crippen LogP contribution in [0.2, 0.25) is 5.02 Å². The van der Waals surface area contributed by atoms with Crippen LogP contribution in [-0.4, -0.2) is 20.2 Å². The van der Waals surface area contributed by atoms with Gasteiger partial charge in [0.25, 0.3) is 0 Å². The maximum Gasteiger partial charge on any atom is 0.336 e. The minimum atomic E-state index is -0.335. The molecule has 2 heterocycles. The van der Waals surface area contributed by atoms with Crippen LogP contribution in [0.15, 0.2) is 56.8 Å². The number of aromatic nitrogens is 4. The van der Waals surface area contributed by atoms with Crippen molar-refractivity contribution in [2.45, 2.75) is 30.2 Å². The number of thioether (sulfide) groups is 1. The number of halogens is 1. The number of benzene rings is 2. The average Bonchev–Trinajstić information content (AvgIpc) is 3.34. The van der Waals surface area contributed by atoms with Crippen LogP contribution < -0.4 is 5.63 Å². The zero-order valence-electron chi connectivity index (χ0n) is 14.8. The van der Waals surface area contributed by atoms with Crippen molar-refractivity contribution in [1.82, 2.24) is 20.2 Å². The molecule has 4 aromatic rings. The normalized spacial score (nSPS) is 13.2. The van der Waals surface area contributed by atoms with E-state index in [0.717, 1.165) is 35.9 Å². The van der Waals surface area contributed by atoms with Gasteiger partial charge in [0, 0.05) is 22.2 Å². The van der Waals surface area contributed by atoms with E-state index in [2.05, 4.69) is 21.6 Å². The van der Waals surface area contributed by atoms with Crippen molar-refractivity contribution in [3.05, 3.63) is 74.6 Å². The lowest BCUT2D eigenvalue weighted by Gasteiger charge is -2.08. The van der Waals surface area contributed by atoms with Gasteiger partial charge in [-0.15, -0.1) is 5.10 Å². The van der Waals surface area contributed by atoms with Crippen molar-refractivity contribution < 1.29 is 4.42 Å². The molecule has 0 N–H and O–H groups in total. The summed E-state index contributed by atoms with van der Waals surface area (Å²) in [4.78, 5) is 12.1. The van der Waals surface area contributed by atoms with Crippen molar-refractivity contribution >= 4 is 34.3 Å². The van der Waals surface area contributed by atoms with Gasteiger partial charge in [-0.2, -0.15) is 4.68 Å². The van der Waals surface area contributed by atoms with Crippen LogP contribution in [0.5, 0.6) is 0 Å². The van der Waals surface area contributed by atoms with Crippen LogP contribution in [0.4, 0.5) is 0 Å². The third-order valence-electron chi connectivity index (χ3n) is 4.91. The summed E-state index contributed by atoms with van der Waals surface area (Å²) in [6.07, 6.45) is 3.27. The number of rotatable bonds is 4. The molecule has 0 unspecified atom stereocenters. The first-order valence-corrected chi connectivity index (χ1v) is 10.3. The Morgan fingerprint density at radius 2 is 1.89 bits per heavy atom. The van der Waals surface area contributed by atoms with Gasteiger partial charge >= 0.3 is 5.63 Å². The summed E-state index contributed by atoms with van der Waals surface area (Å²) in [7, 11) is 0. The Labute approximate surface area is 169 Å². The summed E-state index contributed by atoms with van der Waals surface area (Å²) in [5, 5.41) is 14.3. The summed E-state index contributed by atoms with van der Waals surface area (Å²) in [5.41, 5.74) is 4.70. The van der Waals surface area contributed by atoms with Gasteiger partial charge in [-0.25, -0.2) is 4.79 Å². The van der Waals surface area contributed by atoms with E-state index in [1.54, 1.807) is 22.9 Å². The number of nitrogens with zero attached hydrogens (tertiary/aromatic N) is 4. The molecule has 0 spiro atoms. The van der Waals surface area contributed by atoms with Crippen LogP contribution in [0.3, 0.4) is 0 Å². The van der Waals surface area contributed by atoms with Gasteiger partial charge in [0.1, 0.15) is 5.58 Å². The molecule has 0 fully saturated rings. The first-order chi connectivity index (χ1) is 13.7. The first-order valence-electron chi connectivity index (χ1n) is 8.93. The fraction of sp³-hybridized carbons (Fsp3) is 0.200. The van der Waals surface area contributed by atoms with Crippen LogP contribution in [0.1, 0.15) is 23.1 Å². The molecule has 140 valence electrons. The minimum absolute atomic E-state index is 0.335. The van der Waals surface area contributed by atoms with Crippen LogP contribution in [-0.2, 0) is 18.6 Å². The second kappa shape index (κ2) is 7.07. The third kappa shape index (κ3) is 3.21. The molecule has 5 rings (SSSR count). The Bertz CT molecular complexity index is 1230. The third-order valence-corrected chi connectivity index (χ3v) is 6.13. The Balaban J connectivity index is 1.48. The number of hydrogen-bond acceptors (Lipinski definition) is 6. The summed E-state index contributed by atoms with van der Waals surface area (Å²) in [6.45, 7) is 0. The average molecular weight is 411 g/mol. The Kier molecular flexibility index (Phi) is 4.41. The smallest absolute Gasteiger partial charge is 0.336 e. The van der Waals surface area contributed by atoms with E-state index in [4.69, 9.17) is 16.0 Å². The fourth-order valence-electron chi connectivity index (χ4n) is 3.57. The van der Waals surface area contributed by atoms with Crippen molar-refractivity contribution in [1.29, 1.82) is 0 Å². The predicted octanol–water partition coefficient (Wildman–Crippen LogP) is 4.20. The van der Waals surface area contributed by atoms with Crippen LogP contribution >= 0.6 is 23.4 Å². The van der Waals surface area contributed by atoms with E-state index < -0.39 is 0 Å². The molecule has 28 heavy (non-hydrogen) atoms. The molecule has 1 aliphatic carbocycles. The molecular weight excluding hydrogens is 396 g/mol. The Morgan fingerprint density at radius 3 is 2.71 bits per heavy atom. The van der Waals surface area contributed by atoms with E-state index in [0.29, 0.717) is 21.5 Å². The van der Waals surface area contributed by atoms with Gasteiger partial charge in [-0.1, -0.05) is 23.4 Å². The maximum atomic E-state index is 12.1. The van der Waals surface area contributed by atoms with Crippen LogP contribution in [0, 0.1) is 0 Å². The highest BCUT2D eigenvalue weighted by Crippen LogP contribution is 2.31. The second-order valence-electron chi connectivity index (χ2n) is 6.70. The number of tetrazole rings is 1. The van der Waals surface area contributed by atoms with Gasteiger partial charge in [-0.05, 0) is 82.8 Å². The molecule has 0 atom stereocenters. The lowest BCUT2D eigenvalue weighted by Crippen LogP contribution is -2.02. The van der Waals surface area contributed by atoms with Gasteiger partial charge in [0.05, 0.1) is 5.69 Å². The standard InChI is InChI=1S/C20H15ClN4O2S/c21-15-4-6-16(7-5-15)25-20(22-23-24-25)28-11-14-10-19(26)27-18-9-13-3-1-2-12(13)8-17(14)18/h4-10H,1-3,11H2. The highest BCUT2D eigenvalue weighted by atomic mass is 35.5. The number of fused-ring (bicyclic) bond motifs is 2. The van der Waals surface area contributed by atoms with E-state index in [1.807, 2.05) is 18.2 Å². The molecule has 1 aliphatic rings. The minimum Gasteiger partial charge on any atom is -0.423 e. The number of aryl methyl sites for hydroxylation is 2. The zero-order chi connectivity index (χ0) is 19.1. The first kappa shape index (κ1) is 17.5. The lowest BCUT2D eigenvalue weighted by atomic mass is 10.0. The van der Waals surface area contributed by atoms with E-state index in [9.17, 15) is 4.79 Å². The quantitative estimate of drug-likeness (QED) is 0.370. The SMILES string of the molecule is O=c1cc(CSc2nnnn2-c2ccc(Cl)cc2)c2cc3c(cc2o1)CCC3. The largest absolute Gasteiger partial charge is 0.423 e. The predicted molar refractivity (Wildman–Crippen MR) is 108 cm³/mol. The summed E-state index contributed by atoms with van der Waals surface area (Å²) >= 11 is 7.44. The molecule has 0 saturated carbocycles. The molecule has 6 nitrogen and oxygen atoms in total. The molecule has 2 aromatic carbocycles. The summed E-state index contributed by atoms with van der Waals surface area (Å²) in [6, 6.07) is 13.1. The molecule has 0 saturated heterocycles. The number of hydrogen-bond donors (Lipinski definition) is 0. The van der Waals surface area contributed by atoms with Crippen molar-refractivity contribution in [2.24, 2.45) is 0 Å². The molecule has 2 aromatic heterocycles. The summed E-state index contributed by atoms with van der Waals surface area (Å²) in [5.74, 6) is 0.564. The van der Waals surface area contributed by atoms with Gasteiger partial charge in [0.15, 0.2) is 0 Å². The maximum absolute atomic E-state index is 12.1. The van der Waals surface area contributed by atoms with Crippen molar-refractivity contribution in [3.8, 4) is 5.69 Å². The van der Waals surface area contributed by atoms with E-state index >= 15 is 0 Å². The Morgan fingerprint density at radius 1 is 1.11 bits per heavy atom. The fourth-order valence-corrected chi connectivity index (χ4v) is 4.58. The monoisotopic (exact) mass is 410 g/mol. The topological polar surface area (TPSA) is 73.8 Å². The van der Waals surface area contributed by atoms with E-state index in [-0.39, 0.29) is 5.63 Å². The van der Waals surface area contributed by atoms with E-state index in [1.165, 1.54) is 22.9 Å². The summed E-state index contributed by atoms with van der Waals surface area (Å²) < 4.78 is 7.11. The molecule has 0 radical (unpaired) electrons. The molecule has 0 amide bonds. The highest BCUT2D eigenvalue weighted by molar-refractivity contribution is 7.98. The van der Waals surface area contributed by atoms with Gasteiger partial charge in [-0.3, -0.25) is 0 Å². The van der Waals surface area contributed by atoms with Gasteiger partial charge in [0.2, 0.25) is 5.16 Å². The zero-order valence-corrected chi connectivity index (χ0v) is 16.3. The molecule has 0 bridgehead atoms. The lowest BCUT2D eigenvalue weighted by molar-refractivity contribution is 0.559. The van der Waals surface area contributed by atoms with Crippen molar-refractivity contribution in [2.75, 3.05) is 0 Å². The van der Waals surface area contributed by atoms with Gasteiger partial charge < -0.3 is 4.42 Å². The molecule has 0 aliphatic heterocycles.